The molecule has 0 spiro atoms. The smallest absolute Gasteiger partial charge is 0.264 e. The highest BCUT2D eigenvalue weighted by molar-refractivity contribution is 7.92. The van der Waals surface area contributed by atoms with Gasteiger partial charge >= 0.3 is 0 Å². The molecule has 5 aromatic carbocycles. The normalized spacial score (nSPS) is 11.7. The summed E-state index contributed by atoms with van der Waals surface area (Å²) >= 11 is 12.5. The van der Waals surface area contributed by atoms with Crippen molar-refractivity contribution in [3.63, 3.8) is 0 Å². The van der Waals surface area contributed by atoms with E-state index in [0.717, 1.165) is 9.87 Å². The van der Waals surface area contributed by atoms with Gasteiger partial charge in [-0.05, 0) is 71.8 Å². The van der Waals surface area contributed by atoms with Gasteiger partial charge in [0.2, 0.25) is 11.8 Å². The predicted octanol–water partition coefficient (Wildman–Crippen LogP) is 7.37. The van der Waals surface area contributed by atoms with E-state index in [-0.39, 0.29) is 28.6 Å². The third-order valence-corrected chi connectivity index (χ3v) is 10.1. The maximum Gasteiger partial charge on any atom is 0.264 e. The minimum Gasteiger partial charge on any atom is -0.457 e. The SMILES string of the molecule is CNC(=O)[C@@H](Cc1ccccc1)N(Cc1ccc(Cl)c(Cl)c1)C(=O)CN(c1ccc(Oc2ccccc2)cc1)S(=O)(=O)c1ccccc1. The molecule has 1 atom stereocenters. The van der Waals surface area contributed by atoms with Gasteiger partial charge in [-0.3, -0.25) is 13.9 Å². The number of amides is 2. The van der Waals surface area contributed by atoms with Crippen LogP contribution in [-0.4, -0.2) is 44.8 Å². The maximum atomic E-state index is 14.5. The summed E-state index contributed by atoms with van der Waals surface area (Å²) in [5, 5.41) is 3.29. The number of para-hydroxylation sites is 1. The molecule has 48 heavy (non-hydrogen) atoms. The molecule has 0 aliphatic heterocycles. The number of benzene rings is 5. The lowest BCUT2D eigenvalue weighted by Gasteiger charge is -2.33. The minimum absolute atomic E-state index is 0.00517. The van der Waals surface area contributed by atoms with Gasteiger partial charge in [-0.25, -0.2) is 8.42 Å². The Kier molecular flexibility index (Phi) is 11.4. The lowest BCUT2D eigenvalue weighted by atomic mass is 10.0. The Morgan fingerprint density at radius 1 is 0.729 bits per heavy atom. The van der Waals surface area contributed by atoms with Crippen molar-refractivity contribution in [2.24, 2.45) is 0 Å². The van der Waals surface area contributed by atoms with Crippen LogP contribution in [0.2, 0.25) is 10.0 Å². The number of hydrogen-bond donors (Lipinski definition) is 1. The second kappa shape index (κ2) is 15.8. The number of anilines is 1. The highest BCUT2D eigenvalue weighted by Crippen LogP contribution is 2.29. The van der Waals surface area contributed by atoms with Crippen molar-refractivity contribution in [2.45, 2.75) is 23.9 Å². The summed E-state index contributed by atoms with van der Waals surface area (Å²) in [5.74, 6) is 0.0878. The molecule has 5 rings (SSSR count). The van der Waals surface area contributed by atoms with Gasteiger partial charge < -0.3 is 15.0 Å². The van der Waals surface area contributed by atoms with Crippen LogP contribution in [0.25, 0.3) is 0 Å². The van der Waals surface area contributed by atoms with E-state index in [1.807, 2.05) is 48.5 Å². The lowest BCUT2D eigenvalue weighted by molar-refractivity contribution is -0.139. The Morgan fingerprint density at radius 2 is 1.31 bits per heavy atom. The largest absolute Gasteiger partial charge is 0.457 e. The third-order valence-electron chi connectivity index (χ3n) is 7.57. The molecule has 0 saturated carbocycles. The summed E-state index contributed by atoms with van der Waals surface area (Å²) in [6.07, 6.45) is 0.185. The Balaban J connectivity index is 1.54. The summed E-state index contributed by atoms with van der Waals surface area (Å²) in [7, 11) is -2.75. The molecule has 246 valence electrons. The van der Waals surface area contributed by atoms with E-state index in [4.69, 9.17) is 27.9 Å². The van der Waals surface area contributed by atoms with Crippen molar-refractivity contribution in [1.29, 1.82) is 0 Å². The summed E-state index contributed by atoms with van der Waals surface area (Å²) in [6.45, 7) is -0.635. The van der Waals surface area contributed by atoms with Crippen LogP contribution in [0.4, 0.5) is 5.69 Å². The van der Waals surface area contributed by atoms with Crippen LogP contribution in [0.1, 0.15) is 11.1 Å². The number of sulfonamides is 1. The van der Waals surface area contributed by atoms with Crippen molar-refractivity contribution in [2.75, 3.05) is 17.9 Å². The molecule has 0 radical (unpaired) electrons. The first-order chi connectivity index (χ1) is 23.2. The van der Waals surface area contributed by atoms with E-state index in [1.165, 1.54) is 24.1 Å². The van der Waals surface area contributed by atoms with E-state index < -0.39 is 34.4 Å². The molecule has 0 bridgehead atoms. The van der Waals surface area contributed by atoms with Crippen molar-refractivity contribution in [1.82, 2.24) is 10.2 Å². The van der Waals surface area contributed by atoms with Crippen molar-refractivity contribution in [3.8, 4) is 11.5 Å². The van der Waals surface area contributed by atoms with Crippen molar-refractivity contribution >= 4 is 50.7 Å². The summed E-state index contributed by atoms with van der Waals surface area (Å²) < 4.78 is 35.3. The van der Waals surface area contributed by atoms with E-state index >= 15 is 0 Å². The van der Waals surface area contributed by atoms with Crippen LogP contribution >= 0.6 is 23.2 Å². The highest BCUT2D eigenvalue weighted by atomic mass is 35.5. The number of rotatable bonds is 13. The molecule has 0 aliphatic carbocycles. The van der Waals surface area contributed by atoms with Gasteiger partial charge in [-0.15, -0.1) is 0 Å². The fraction of sp³-hybridized carbons (Fsp3) is 0.135. The molecule has 8 nitrogen and oxygen atoms in total. The standard InChI is InChI=1S/C37H33Cl2N3O5S/c1-40-37(44)35(24-27-11-5-2-6-12-27)41(25-28-17-22-33(38)34(39)23-28)36(43)26-42(48(45,46)32-15-9-4-10-16-32)29-18-20-31(21-19-29)47-30-13-7-3-8-14-30/h2-23,35H,24-26H2,1H3,(H,40,44)/t35-/m1/s1. The molecule has 0 heterocycles. The van der Waals surface area contributed by atoms with E-state index in [2.05, 4.69) is 5.32 Å². The van der Waals surface area contributed by atoms with Crippen LogP contribution < -0.4 is 14.4 Å². The molecule has 0 aromatic heterocycles. The number of hydrogen-bond acceptors (Lipinski definition) is 5. The molecule has 0 fully saturated rings. The minimum atomic E-state index is -4.24. The fourth-order valence-electron chi connectivity index (χ4n) is 5.11. The Hall–Kier alpha value is -4.83. The third kappa shape index (κ3) is 8.55. The molecular weight excluding hydrogens is 669 g/mol. The monoisotopic (exact) mass is 701 g/mol. The summed E-state index contributed by atoms with van der Waals surface area (Å²) in [4.78, 5) is 29.3. The summed E-state index contributed by atoms with van der Waals surface area (Å²) in [5.41, 5.74) is 1.67. The van der Waals surface area contributed by atoms with Crippen molar-refractivity contribution in [3.05, 3.63) is 155 Å². The first kappa shape index (κ1) is 34.5. The molecule has 2 amide bonds. The highest BCUT2D eigenvalue weighted by Gasteiger charge is 2.34. The molecule has 1 N–H and O–H groups in total. The molecule has 0 saturated heterocycles. The molecular formula is C37H33Cl2N3O5S. The Labute approximate surface area is 290 Å². The Bertz CT molecular complexity index is 1950. The second-order valence-corrected chi connectivity index (χ2v) is 13.5. The van der Waals surface area contributed by atoms with Gasteiger partial charge in [0.15, 0.2) is 0 Å². The summed E-state index contributed by atoms with van der Waals surface area (Å²) in [6, 6.07) is 36.7. The first-order valence-electron chi connectivity index (χ1n) is 15.1. The average Bonchev–Trinajstić information content (AvgIpc) is 3.11. The van der Waals surface area contributed by atoms with Crippen LogP contribution in [0.15, 0.2) is 138 Å². The van der Waals surface area contributed by atoms with Gasteiger partial charge in [0.25, 0.3) is 10.0 Å². The van der Waals surface area contributed by atoms with Gasteiger partial charge in [0.05, 0.1) is 20.6 Å². The van der Waals surface area contributed by atoms with Gasteiger partial charge in [0, 0.05) is 20.0 Å². The number of nitrogens with one attached hydrogen (secondary N) is 1. The fourth-order valence-corrected chi connectivity index (χ4v) is 6.86. The quantitative estimate of drug-likeness (QED) is 0.138. The Morgan fingerprint density at radius 3 is 1.92 bits per heavy atom. The van der Waals surface area contributed by atoms with Crippen LogP contribution in [0.5, 0.6) is 11.5 Å². The molecule has 11 heteroatoms. The van der Waals surface area contributed by atoms with Gasteiger partial charge in [0.1, 0.15) is 24.1 Å². The van der Waals surface area contributed by atoms with Gasteiger partial charge in [-0.1, -0.05) is 96.0 Å². The van der Waals surface area contributed by atoms with E-state index in [0.29, 0.717) is 22.1 Å². The van der Waals surface area contributed by atoms with Crippen LogP contribution in [-0.2, 0) is 32.6 Å². The zero-order valence-corrected chi connectivity index (χ0v) is 28.3. The average molecular weight is 703 g/mol. The van der Waals surface area contributed by atoms with Crippen LogP contribution in [0, 0.1) is 0 Å². The molecule has 0 unspecified atom stereocenters. The topological polar surface area (TPSA) is 96.0 Å². The first-order valence-corrected chi connectivity index (χ1v) is 17.2. The van der Waals surface area contributed by atoms with E-state index in [9.17, 15) is 18.0 Å². The molecule has 0 aliphatic rings. The number of ether oxygens (including phenoxy) is 1. The maximum absolute atomic E-state index is 14.5. The van der Waals surface area contributed by atoms with Gasteiger partial charge in [-0.2, -0.15) is 0 Å². The van der Waals surface area contributed by atoms with E-state index in [1.54, 1.807) is 72.8 Å². The molecule has 5 aromatic rings. The number of carbonyl (C=O) groups excluding carboxylic acids is 2. The van der Waals surface area contributed by atoms with Crippen LogP contribution in [0.3, 0.4) is 0 Å². The lowest BCUT2D eigenvalue weighted by Crippen LogP contribution is -2.53. The zero-order valence-electron chi connectivity index (χ0n) is 26.0. The number of nitrogens with zero attached hydrogens (tertiary/aromatic N) is 2. The number of carbonyl (C=O) groups is 2. The predicted molar refractivity (Wildman–Crippen MR) is 189 cm³/mol. The number of halogens is 2. The van der Waals surface area contributed by atoms with Crippen molar-refractivity contribution < 1.29 is 22.7 Å². The second-order valence-electron chi connectivity index (χ2n) is 10.8. The zero-order chi connectivity index (χ0) is 34.1. The number of likely N-dealkylation sites (N-methyl/N-ethyl adjacent to an activating group) is 1.